The zero-order valence-electron chi connectivity index (χ0n) is 10.9. The van der Waals surface area contributed by atoms with Crippen LogP contribution in [-0.2, 0) is 6.54 Å². The topological polar surface area (TPSA) is 12.0 Å². The van der Waals surface area contributed by atoms with E-state index in [4.69, 9.17) is 11.6 Å². The fourth-order valence-electron chi connectivity index (χ4n) is 2.76. The van der Waals surface area contributed by atoms with E-state index in [9.17, 15) is 4.39 Å². The van der Waals surface area contributed by atoms with Gasteiger partial charge >= 0.3 is 0 Å². The summed E-state index contributed by atoms with van der Waals surface area (Å²) in [5.74, 6) is 0.423. The molecule has 0 bridgehead atoms. The normalized spacial score (nSPS) is 18.8. The molecule has 1 unspecified atom stereocenters. The Balaban J connectivity index is 1.88. The smallest absolute Gasteiger partial charge is 0.142 e. The number of halogens is 2. The maximum Gasteiger partial charge on any atom is 0.142 e. The van der Waals surface area contributed by atoms with Crippen molar-refractivity contribution in [1.29, 1.82) is 0 Å². The van der Waals surface area contributed by atoms with E-state index in [0.29, 0.717) is 12.6 Å². The number of hydrogen-bond donors (Lipinski definition) is 1. The summed E-state index contributed by atoms with van der Waals surface area (Å²) in [5, 5.41) is 3.74. The fraction of sp³-hybridized carbons (Fsp3) is 0.600. The summed E-state index contributed by atoms with van der Waals surface area (Å²) < 4.78 is 13.3. The predicted molar refractivity (Wildman–Crippen MR) is 74.3 cm³/mol. The van der Waals surface area contributed by atoms with Crippen LogP contribution in [-0.4, -0.2) is 6.04 Å². The van der Waals surface area contributed by atoms with Gasteiger partial charge in [-0.3, -0.25) is 0 Å². The molecule has 1 saturated carbocycles. The van der Waals surface area contributed by atoms with E-state index in [1.165, 1.54) is 38.2 Å². The molecule has 18 heavy (non-hydrogen) atoms. The summed E-state index contributed by atoms with van der Waals surface area (Å²) in [6.45, 7) is 2.87. The third-order valence-electron chi connectivity index (χ3n) is 4.00. The molecule has 1 aliphatic rings. The van der Waals surface area contributed by atoms with Crippen molar-refractivity contribution < 1.29 is 4.39 Å². The Hall–Kier alpha value is -0.600. The van der Waals surface area contributed by atoms with Crippen LogP contribution in [0.25, 0.3) is 0 Å². The van der Waals surface area contributed by atoms with Crippen molar-refractivity contribution in [2.24, 2.45) is 5.92 Å². The molecule has 1 aliphatic carbocycles. The minimum Gasteiger partial charge on any atom is -0.310 e. The largest absolute Gasteiger partial charge is 0.310 e. The van der Waals surface area contributed by atoms with E-state index in [2.05, 4.69) is 12.2 Å². The van der Waals surface area contributed by atoms with Gasteiger partial charge in [-0.2, -0.15) is 0 Å². The molecule has 1 nitrogen and oxygen atoms in total. The monoisotopic (exact) mass is 269 g/mol. The van der Waals surface area contributed by atoms with Gasteiger partial charge in [0, 0.05) is 12.6 Å². The molecular weight excluding hydrogens is 249 g/mol. The van der Waals surface area contributed by atoms with Crippen LogP contribution in [0, 0.1) is 11.7 Å². The van der Waals surface area contributed by atoms with Crippen LogP contribution in [0.5, 0.6) is 0 Å². The van der Waals surface area contributed by atoms with Gasteiger partial charge in [-0.1, -0.05) is 43.0 Å². The lowest BCUT2D eigenvalue weighted by atomic mass is 9.84. The lowest BCUT2D eigenvalue weighted by Crippen LogP contribution is -2.34. The second-order valence-electron chi connectivity index (χ2n) is 5.28. The van der Waals surface area contributed by atoms with Gasteiger partial charge in [-0.15, -0.1) is 0 Å². The fourth-order valence-corrected chi connectivity index (χ4v) is 2.95. The molecule has 1 aromatic rings. The molecular formula is C15H21ClFN. The molecule has 0 spiro atoms. The Kier molecular flexibility index (Phi) is 5.02. The standard InChI is InChI=1S/C15H21ClFN/c1-11(12-6-3-2-4-7-12)18-10-13-8-5-9-14(17)15(13)16/h5,8-9,11-12,18H,2-4,6-7,10H2,1H3. The van der Waals surface area contributed by atoms with Crippen LogP contribution in [0.4, 0.5) is 4.39 Å². The summed E-state index contributed by atoms with van der Waals surface area (Å²) in [6, 6.07) is 5.47. The van der Waals surface area contributed by atoms with Crippen molar-refractivity contribution in [3.05, 3.63) is 34.6 Å². The van der Waals surface area contributed by atoms with E-state index in [1.807, 2.05) is 6.07 Å². The summed E-state index contributed by atoms with van der Waals surface area (Å²) in [6.07, 6.45) is 6.68. The zero-order chi connectivity index (χ0) is 13.0. The summed E-state index contributed by atoms with van der Waals surface area (Å²) in [7, 11) is 0. The first-order valence-corrected chi connectivity index (χ1v) is 7.22. The number of benzene rings is 1. The van der Waals surface area contributed by atoms with Gasteiger partial charge in [0.1, 0.15) is 5.82 Å². The van der Waals surface area contributed by atoms with Crippen molar-refractivity contribution in [2.45, 2.75) is 51.6 Å². The molecule has 2 rings (SSSR count). The highest BCUT2D eigenvalue weighted by atomic mass is 35.5. The number of rotatable bonds is 4. The second kappa shape index (κ2) is 6.53. The van der Waals surface area contributed by atoms with Crippen LogP contribution in [0.3, 0.4) is 0 Å². The molecule has 1 fully saturated rings. The maximum atomic E-state index is 13.3. The Morgan fingerprint density at radius 3 is 2.78 bits per heavy atom. The Morgan fingerprint density at radius 2 is 2.06 bits per heavy atom. The molecule has 1 atom stereocenters. The third-order valence-corrected chi connectivity index (χ3v) is 4.43. The van der Waals surface area contributed by atoms with Gasteiger partial charge in [0.15, 0.2) is 0 Å². The molecule has 1 N–H and O–H groups in total. The van der Waals surface area contributed by atoms with Crippen molar-refractivity contribution in [3.63, 3.8) is 0 Å². The predicted octanol–water partition coefficient (Wildman–Crippen LogP) is 4.54. The Bertz CT molecular complexity index is 388. The zero-order valence-corrected chi connectivity index (χ0v) is 11.6. The highest BCUT2D eigenvalue weighted by molar-refractivity contribution is 6.31. The van der Waals surface area contributed by atoms with E-state index in [1.54, 1.807) is 6.07 Å². The third kappa shape index (κ3) is 3.46. The number of nitrogens with one attached hydrogen (secondary N) is 1. The van der Waals surface area contributed by atoms with Crippen molar-refractivity contribution in [3.8, 4) is 0 Å². The first kappa shape index (κ1) is 13.8. The van der Waals surface area contributed by atoms with Gasteiger partial charge in [-0.25, -0.2) is 4.39 Å². The molecule has 0 saturated heterocycles. The number of hydrogen-bond acceptors (Lipinski definition) is 1. The maximum absolute atomic E-state index is 13.3. The van der Waals surface area contributed by atoms with Gasteiger partial charge in [0.25, 0.3) is 0 Å². The first-order valence-electron chi connectivity index (χ1n) is 6.84. The summed E-state index contributed by atoms with van der Waals surface area (Å²) in [4.78, 5) is 0. The van der Waals surface area contributed by atoms with Crippen molar-refractivity contribution >= 4 is 11.6 Å². The van der Waals surface area contributed by atoms with Crippen LogP contribution < -0.4 is 5.32 Å². The molecule has 1 aromatic carbocycles. The van der Waals surface area contributed by atoms with E-state index >= 15 is 0 Å². The molecule has 0 heterocycles. The van der Waals surface area contributed by atoms with Gasteiger partial charge in [-0.05, 0) is 37.3 Å². The van der Waals surface area contributed by atoms with Crippen LogP contribution >= 0.6 is 11.6 Å². The molecule has 0 aromatic heterocycles. The molecule has 3 heteroatoms. The van der Waals surface area contributed by atoms with E-state index in [-0.39, 0.29) is 10.8 Å². The summed E-state index contributed by atoms with van der Waals surface area (Å²) >= 11 is 5.95. The highest BCUT2D eigenvalue weighted by Gasteiger charge is 2.19. The minimum absolute atomic E-state index is 0.251. The van der Waals surface area contributed by atoms with E-state index < -0.39 is 0 Å². The highest BCUT2D eigenvalue weighted by Crippen LogP contribution is 2.27. The SMILES string of the molecule is CC(NCc1cccc(F)c1Cl)C1CCCCC1. The minimum atomic E-state index is -0.332. The van der Waals surface area contributed by atoms with Gasteiger partial charge in [0.05, 0.1) is 5.02 Å². The second-order valence-corrected chi connectivity index (χ2v) is 5.66. The quantitative estimate of drug-likeness (QED) is 0.846. The Labute approximate surface area is 114 Å². The van der Waals surface area contributed by atoms with Crippen molar-refractivity contribution in [1.82, 2.24) is 5.32 Å². The molecule has 0 aliphatic heterocycles. The first-order chi connectivity index (χ1) is 8.68. The average Bonchev–Trinajstić information content (AvgIpc) is 2.41. The molecule has 100 valence electrons. The van der Waals surface area contributed by atoms with Gasteiger partial charge < -0.3 is 5.32 Å². The van der Waals surface area contributed by atoms with E-state index in [0.717, 1.165) is 11.5 Å². The van der Waals surface area contributed by atoms with Crippen LogP contribution in [0.2, 0.25) is 5.02 Å². The lowest BCUT2D eigenvalue weighted by Gasteiger charge is -2.28. The molecule has 0 amide bonds. The van der Waals surface area contributed by atoms with Crippen LogP contribution in [0.1, 0.15) is 44.6 Å². The lowest BCUT2D eigenvalue weighted by molar-refractivity contribution is 0.280. The summed E-state index contributed by atoms with van der Waals surface area (Å²) in [5.41, 5.74) is 0.847. The van der Waals surface area contributed by atoms with Crippen molar-refractivity contribution in [2.75, 3.05) is 0 Å². The van der Waals surface area contributed by atoms with Gasteiger partial charge in [0.2, 0.25) is 0 Å². The average molecular weight is 270 g/mol. The molecule has 0 radical (unpaired) electrons. The Morgan fingerprint density at radius 1 is 1.33 bits per heavy atom. The van der Waals surface area contributed by atoms with Crippen LogP contribution in [0.15, 0.2) is 18.2 Å².